The summed E-state index contributed by atoms with van der Waals surface area (Å²) in [5, 5.41) is -3.99. The molecule has 0 aromatic rings. The Kier molecular flexibility index (Phi) is 4.17. The van der Waals surface area contributed by atoms with Gasteiger partial charge in [-0.3, -0.25) is 4.55 Å². The standard InChI is InChI=1S/C12H18F2O3S.Na.H/c13-12(14,18(15,16)17)7-11-4-8-1-9(5-11)3-10(2-8)6-11;;/h8-10H,1-7H2,(H,15,16,17);;. The second-order valence-corrected chi connectivity index (χ2v) is 8.25. The predicted molar refractivity (Wildman–Crippen MR) is 68.9 cm³/mol. The summed E-state index contributed by atoms with van der Waals surface area (Å²) >= 11 is 0. The molecule has 106 valence electrons. The van der Waals surface area contributed by atoms with E-state index in [2.05, 4.69) is 0 Å². The molecule has 0 atom stereocenters. The topological polar surface area (TPSA) is 54.4 Å². The first kappa shape index (κ1) is 16.1. The molecule has 7 heteroatoms. The number of hydrogen-bond donors (Lipinski definition) is 1. The van der Waals surface area contributed by atoms with E-state index in [-0.39, 0.29) is 29.6 Å². The van der Waals surface area contributed by atoms with E-state index in [0.29, 0.717) is 37.0 Å². The van der Waals surface area contributed by atoms with Gasteiger partial charge < -0.3 is 0 Å². The van der Waals surface area contributed by atoms with Crippen LogP contribution in [0.4, 0.5) is 8.78 Å². The van der Waals surface area contributed by atoms with Crippen molar-refractivity contribution in [2.24, 2.45) is 23.2 Å². The van der Waals surface area contributed by atoms with Gasteiger partial charge in [0.15, 0.2) is 0 Å². The van der Waals surface area contributed by atoms with E-state index in [9.17, 15) is 17.2 Å². The molecule has 4 aliphatic carbocycles. The Balaban J connectivity index is 0.00000133. The molecule has 0 radical (unpaired) electrons. The molecule has 0 spiro atoms. The molecule has 3 nitrogen and oxygen atoms in total. The molecular formula is C12H19F2NaO3S. The van der Waals surface area contributed by atoms with Crippen LogP contribution in [0, 0.1) is 23.2 Å². The van der Waals surface area contributed by atoms with Crippen LogP contribution in [0.2, 0.25) is 0 Å². The summed E-state index contributed by atoms with van der Waals surface area (Å²) in [7, 11) is -5.28. The fourth-order valence-electron chi connectivity index (χ4n) is 5.03. The maximum absolute atomic E-state index is 13.6. The van der Waals surface area contributed by atoms with Crippen LogP contribution in [0.25, 0.3) is 0 Å². The molecule has 0 aliphatic heterocycles. The van der Waals surface area contributed by atoms with E-state index in [0.717, 1.165) is 19.3 Å². The number of rotatable bonds is 3. The molecule has 4 rings (SSSR count). The molecule has 19 heavy (non-hydrogen) atoms. The molecule has 4 saturated carbocycles. The molecule has 4 aliphatic rings. The summed E-state index contributed by atoms with van der Waals surface area (Å²) in [5.74, 6) is 1.48. The van der Waals surface area contributed by atoms with Crippen LogP contribution in [0.1, 0.15) is 44.9 Å². The Labute approximate surface area is 134 Å². The third kappa shape index (κ3) is 2.89. The molecule has 1 N–H and O–H groups in total. The van der Waals surface area contributed by atoms with Crippen LogP contribution in [0.5, 0.6) is 0 Å². The first-order valence-corrected chi connectivity index (χ1v) is 7.98. The third-order valence-electron chi connectivity index (χ3n) is 5.12. The van der Waals surface area contributed by atoms with Crippen LogP contribution in [0.3, 0.4) is 0 Å². The van der Waals surface area contributed by atoms with E-state index in [4.69, 9.17) is 4.55 Å². The van der Waals surface area contributed by atoms with E-state index in [1.54, 1.807) is 0 Å². The summed E-state index contributed by atoms with van der Waals surface area (Å²) in [6.07, 6.45) is 4.81. The number of hydrogen-bond acceptors (Lipinski definition) is 2. The maximum atomic E-state index is 13.6. The monoisotopic (exact) mass is 304 g/mol. The van der Waals surface area contributed by atoms with Gasteiger partial charge in [-0.1, -0.05) is 0 Å². The summed E-state index contributed by atoms with van der Waals surface area (Å²) in [6.45, 7) is 0. The average Bonchev–Trinajstić information content (AvgIpc) is 2.10. The minimum atomic E-state index is -5.28. The van der Waals surface area contributed by atoms with Crippen molar-refractivity contribution in [1.29, 1.82) is 0 Å². The van der Waals surface area contributed by atoms with Crippen molar-refractivity contribution in [3.8, 4) is 0 Å². The zero-order valence-corrected chi connectivity index (χ0v) is 10.9. The second kappa shape index (κ2) is 4.90. The molecule has 0 heterocycles. The molecule has 0 aromatic carbocycles. The molecule has 0 saturated heterocycles. The zero-order chi connectivity index (χ0) is 13.2. The molecule has 0 aromatic heterocycles. The van der Waals surface area contributed by atoms with Crippen molar-refractivity contribution < 1.29 is 21.8 Å². The van der Waals surface area contributed by atoms with Crippen LogP contribution in [-0.4, -0.2) is 47.8 Å². The van der Waals surface area contributed by atoms with Gasteiger partial charge in [-0.05, 0) is 61.7 Å². The van der Waals surface area contributed by atoms with Gasteiger partial charge in [0.05, 0.1) is 0 Å². The van der Waals surface area contributed by atoms with Gasteiger partial charge in [0.2, 0.25) is 0 Å². The normalized spacial score (nSPS) is 41.1. The molecular weight excluding hydrogens is 285 g/mol. The zero-order valence-electron chi connectivity index (χ0n) is 10.1. The Morgan fingerprint density at radius 2 is 1.42 bits per heavy atom. The summed E-state index contributed by atoms with van der Waals surface area (Å²) in [5.41, 5.74) is -0.548. The van der Waals surface area contributed by atoms with Gasteiger partial charge in [0.1, 0.15) is 0 Å². The van der Waals surface area contributed by atoms with Crippen molar-refractivity contribution >= 4 is 39.7 Å². The van der Waals surface area contributed by atoms with E-state index in [1.807, 2.05) is 0 Å². The predicted octanol–water partition coefficient (Wildman–Crippen LogP) is 2.43. The van der Waals surface area contributed by atoms with Crippen LogP contribution < -0.4 is 0 Å². The van der Waals surface area contributed by atoms with Gasteiger partial charge in [-0.2, -0.15) is 17.2 Å². The van der Waals surface area contributed by atoms with Crippen LogP contribution >= 0.6 is 0 Å². The summed E-state index contributed by atoms with van der Waals surface area (Å²) in [6, 6.07) is 0. The van der Waals surface area contributed by atoms with Crippen LogP contribution in [0.15, 0.2) is 0 Å². The van der Waals surface area contributed by atoms with Gasteiger partial charge >= 0.3 is 44.9 Å². The fourth-order valence-corrected chi connectivity index (χ4v) is 5.52. The Hall–Kier alpha value is 0.770. The quantitative estimate of drug-likeness (QED) is 0.643. The van der Waals surface area contributed by atoms with Crippen molar-refractivity contribution in [3.63, 3.8) is 0 Å². The second-order valence-electron chi connectivity index (χ2n) is 6.71. The summed E-state index contributed by atoms with van der Waals surface area (Å²) < 4.78 is 57.4. The average molecular weight is 304 g/mol. The first-order chi connectivity index (χ1) is 8.19. The van der Waals surface area contributed by atoms with Crippen LogP contribution in [-0.2, 0) is 10.1 Å². The number of halogens is 2. The van der Waals surface area contributed by atoms with Gasteiger partial charge in [-0.25, -0.2) is 0 Å². The molecule has 0 amide bonds. The molecule has 0 unspecified atom stereocenters. The Morgan fingerprint density at radius 1 is 1.05 bits per heavy atom. The third-order valence-corrected chi connectivity index (χ3v) is 6.02. The minimum absolute atomic E-state index is 0. The Bertz CT molecular complexity index is 428. The SMILES string of the molecule is O=S(=O)(O)C(F)(F)CC12CC3CC(CC(C3)C1)C2.[NaH]. The molecule has 4 fully saturated rings. The van der Waals surface area contributed by atoms with Crippen molar-refractivity contribution in [2.75, 3.05) is 0 Å². The van der Waals surface area contributed by atoms with Crippen molar-refractivity contribution in [3.05, 3.63) is 0 Å². The van der Waals surface area contributed by atoms with Crippen molar-refractivity contribution in [2.45, 2.75) is 50.2 Å². The number of alkyl halides is 2. The first-order valence-electron chi connectivity index (χ1n) is 6.54. The van der Waals surface area contributed by atoms with E-state index < -0.39 is 27.2 Å². The van der Waals surface area contributed by atoms with Crippen molar-refractivity contribution in [1.82, 2.24) is 0 Å². The molecule has 4 bridgehead atoms. The van der Waals surface area contributed by atoms with Gasteiger partial charge in [-0.15, -0.1) is 0 Å². The van der Waals surface area contributed by atoms with E-state index >= 15 is 0 Å². The Morgan fingerprint density at radius 3 is 1.74 bits per heavy atom. The van der Waals surface area contributed by atoms with Gasteiger partial charge in [0.25, 0.3) is 0 Å². The summed E-state index contributed by atoms with van der Waals surface area (Å²) in [4.78, 5) is 0. The van der Waals surface area contributed by atoms with E-state index in [1.165, 1.54) is 0 Å². The van der Waals surface area contributed by atoms with Gasteiger partial charge in [0, 0.05) is 6.42 Å². The fraction of sp³-hybridized carbons (Fsp3) is 1.00.